The van der Waals surface area contributed by atoms with Crippen LogP contribution in [-0.2, 0) is 5.41 Å². The highest BCUT2D eigenvalue weighted by Gasteiger charge is 2.21. The fraction of sp³-hybridized carbons (Fsp3) is 0.333. The molecule has 4 heteroatoms. The van der Waals surface area contributed by atoms with Gasteiger partial charge in [-0.25, -0.2) is 9.97 Å². The Balaban J connectivity index is 2.89. The van der Waals surface area contributed by atoms with Gasteiger partial charge >= 0.3 is 0 Å². The Morgan fingerprint density at radius 2 is 1.88 bits per heavy atom. The number of halogens is 1. The van der Waals surface area contributed by atoms with Gasteiger partial charge in [-0.2, -0.15) is 0 Å². The number of hydrogen-bond acceptors (Lipinski definition) is 3. The van der Waals surface area contributed by atoms with Crippen LogP contribution in [0.1, 0.15) is 26.5 Å². The molecule has 0 saturated carbocycles. The van der Waals surface area contributed by atoms with Crippen molar-refractivity contribution in [2.24, 2.45) is 0 Å². The molecule has 16 heavy (non-hydrogen) atoms. The van der Waals surface area contributed by atoms with Gasteiger partial charge < -0.3 is 5.11 Å². The van der Waals surface area contributed by atoms with Gasteiger partial charge in [0.2, 0.25) is 5.28 Å². The fourth-order valence-electron chi connectivity index (χ4n) is 1.68. The number of phenolic OH excluding ortho intramolecular Hbond substituents is 1. The molecule has 0 fully saturated rings. The molecule has 0 spiro atoms. The molecule has 0 amide bonds. The molecular formula is C12H13ClN2O. The molecule has 1 aromatic heterocycles. The topological polar surface area (TPSA) is 46.0 Å². The van der Waals surface area contributed by atoms with E-state index in [9.17, 15) is 5.11 Å². The maximum Gasteiger partial charge on any atom is 0.223 e. The van der Waals surface area contributed by atoms with Crippen molar-refractivity contribution in [2.45, 2.75) is 26.2 Å². The maximum atomic E-state index is 9.74. The van der Waals surface area contributed by atoms with Gasteiger partial charge in [0.15, 0.2) is 0 Å². The molecule has 84 valence electrons. The van der Waals surface area contributed by atoms with Crippen molar-refractivity contribution in [3.8, 4) is 5.75 Å². The van der Waals surface area contributed by atoms with E-state index in [1.165, 1.54) is 0 Å². The monoisotopic (exact) mass is 236 g/mol. The van der Waals surface area contributed by atoms with Crippen LogP contribution >= 0.6 is 11.6 Å². The van der Waals surface area contributed by atoms with Crippen LogP contribution in [0, 0.1) is 0 Å². The van der Waals surface area contributed by atoms with Crippen LogP contribution in [0.25, 0.3) is 10.9 Å². The van der Waals surface area contributed by atoms with Crippen LogP contribution in [-0.4, -0.2) is 15.1 Å². The van der Waals surface area contributed by atoms with Gasteiger partial charge in [0, 0.05) is 10.8 Å². The first kappa shape index (κ1) is 11.1. The lowest BCUT2D eigenvalue weighted by atomic mass is 9.89. The summed E-state index contributed by atoms with van der Waals surface area (Å²) in [5.74, 6) is 0.132. The first-order valence-electron chi connectivity index (χ1n) is 5.05. The standard InChI is InChI=1S/C12H13ClN2O/c1-12(2,3)10-7-5-4-6-8(16)9(7)14-11(13)15-10/h4-6,16H,1-3H3. The summed E-state index contributed by atoms with van der Waals surface area (Å²) in [5, 5.41) is 10.7. The Morgan fingerprint density at radius 1 is 1.19 bits per heavy atom. The molecule has 0 bridgehead atoms. The molecule has 0 saturated heterocycles. The first-order chi connectivity index (χ1) is 7.39. The summed E-state index contributed by atoms with van der Waals surface area (Å²) >= 11 is 5.87. The number of nitrogens with zero attached hydrogens (tertiary/aromatic N) is 2. The minimum absolute atomic E-state index is 0.132. The van der Waals surface area contributed by atoms with E-state index in [1.807, 2.05) is 6.07 Å². The Bertz CT molecular complexity index is 546. The van der Waals surface area contributed by atoms with Gasteiger partial charge in [-0.05, 0) is 17.7 Å². The van der Waals surface area contributed by atoms with E-state index in [2.05, 4.69) is 30.7 Å². The number of fused-ring (bicyclic) bond motifs is 1. The summed E-state index contributed by atoms with van der Waals surface area (Å²) in [4.78, 5) is 8.31. The normalized spacial score (nSPS) is 12.0. The second-order valence-corrected chi connectivity index (χ2v) is 5.10. The van der Waals surface area contributed by atoms with Crippen LogP contribution in [0.15, 0.2) is 18.2 Å². The molecule has 1 aromatic carbocycles. The average molecular weight is 237 g/mol. The number of hydrogen-bond donors (Lipinski definition) is 1. The summed E-state index contributed by atoms with van der Waals surface area (Å²) in [6.07, 6.45) is 0. The number of phenols is 1. The predicted molar refractivity (Wildman–Crippen MR) is 64.9 cm³/mol. The van der Waals surface area contributed by atoms with Gasteiger partial charge in [0.25, 0.3) is 0 Å². The Labute approximate surface area is 99.1 Å². The molecule has 2 rings (SSSR count). The zero-order valence-electron chi connectivity index (χ0n) is 9.45. The second kappa shape index (κ2) is 3.59. The highest BCUT2D eigenvalue weighted by molar-refractivity contribution is 6.28. The molecule has 0 aliphatic rings. The van der Waals surface area contributed by atoms with Gasteiger partial charge in [-0.3, -0.25) is 0 Å². The molecule has 0 aliphatic carbocycles. The third-order valence-corrected chi connectivity index (χ3v) is 2.56. The minimum atomic E-state index is -0.140. The second-order valence-electron chi connectivity index (χ2n) is 4.76. The number of rotatable bonds is 0. The summed E-state index contributed by atoms with van der Waals surface area (Å²) in [6.45, 7) is 6.15. The van der Waals surface area contributed by atoms with E-state index < -0.39 is 0 Å². The highest BCUT2D eigenvalue weighted by atomic mass is 35.5. The van der Waals surface area contributed by atoms with Gasteiger partial charge in [0.1, 0.15) is 11.3 Å². The zero-order valence-corrected chi connectivity index (χ0v) is 10.2. The lowest BCUT2D eigenvalue weighted by molar-refractivity contribution is 0.480. The Hall–Kier alpha value is -1.35. The predicted octanol–water partition coefficient (Wildman–Crippen LogP) is 3.29. The quantitative estimate of drug-likeness (QED) is 0.714. The Morgan fingerprint density at radius 3 is 2.50 bits per heavy atom. The third kappa shape index (κ3) is 1.83. The minimum Gasteiger partial charge on any atom is -0.506 e. The van der Waals surface area contributed by atoms with Crippen LogP contribution in [0.2, 0.25) is 5.28 Å². The number of aromatic hydroxyl groups is 1. The van der Waals surface area contributed by atoms with Gasteiger partial charge in [-0.1, -0.05) is 32.9 Å². The van der Waals surface area contributed by atoms with Crippen LogP contribution < -0.4 is 0 Å². The van der Waals surface area contributed by atoms with Crippen molar-refractivity contribution in [2.75, 3.05) is 0 Å². The van der Waals surface area contributed by atoms with E-state index in [4.69, 9.17) is 11.6 Å². The third-order valence-electron chi connectivity index (χ3n) is 2.39. The Kier molecular flexibility index (Phi) is 2.50. The SMILES string of the molecule is CC(C)(C)c1nc(Cl)nc2c(O)cccc12. The highest BCUT2D eigenvalue weighted by Crippen LogP contribution is 2.32. The van der Waals surface area contributed by atoms with Crippen molar-refractivity contribution < 1.29 is 5.11 Å². The number of aromatic nitrogens is 2. The molecule has 0 radical (unpaired) electrons. The molecule has 2 aromatic rings. The number of benzene rings is 1. The molecule has 1 N–H and O–H groups in total. The van der Waals surface area contributed by atoms with Gasteiger partial charge in [0.05, 0.1) is 5.69 Å². The van der Waals surface area contributed by atoms with E-state index in [0.29, 0.717) is 5.52 Å². The van der Waals surface area contributed by atoms with Crippen LogP contribution in [0.4, 0.5) is 0 Å². The average Bonchev–Trinajstić information content (AvgIpc) is 2.17. The van der Waals surface area contributed by atoms with E-state index in [0.717, 1.165) is 11.1 Å². The molecular weight excluding hydrogens is 224 g/mol. The molecule has 0 aliphatic heterocycles. The lowest BCUT2D eigenvalue weighted by Crippen LogP contribution is -2.14. The van der Waals surface area contributed by atoms with Gasteiger partial charge in [-0.15, -0.1) is 0 Å². The molecule has 0 atom stereocenters. The van der Waals surface area contributed by atoms with Crippen LogP contribution in [0.5, 0.6) is 5.75 Å². The summed E-state index contributed by atoms with van der Waals surface area (Å²) < 4.78 is 0. The van der Waals surface area contributed by atoms with Crippen molar-refractivity contribution in [3.05, 3.63) is 29.2 Å². The molecule has 0 unspecified atom stereocenters. The first-order valence-corrected chi connectivity index (χ1v) is 5.43. The smallest absolute Gasteiger partial charge is 0.223 e. The number of para-hydroxylation sites is 1. The zero-order chi connectivity index (χ0) is 11.9. The fourth-order valence-corrected chi connectivity index (χ4v) is 1.85. The largest absolute Gasteiger partial charge is 0.506 e. The van der Waals surface area contributed by atoms with Crippen molar-refractivity contribution in [1.82, 2.24) is 9.97 Å². The summed E-state index contributed by atoms with van der Waals surface area (Å²) in [6, 6.07) is 5.27. The maximum absolute atomic E-state index is 9.74. The van der Waals surface area contributed by atoms with E-state index >= 15 is 0 Å². The van der Waals surface area contributed by atoms with Crippen molar-refractivity contribution in [1.29, 1.82) is 0 Å². The van der Waals surface area contributed by atoms with Crippen molar-refractivity contribution >= 4 is 22.5 Å². The van der Waals surface area contributed by atoms with Crippen LogP contribution in [0.3, 0.4) is 0 Å². The summed E-state index contributed by atoms with van der Waals surface area (Å²) in [7, 11) is 0. The molecule has 3 nitrogen and oxygen atoms in total. The molecule has 1 heterocycles. The summed E-state index contributed by atoms with van der Waals surface area (Å²) in [5.41, 5.74) is 1.21. The van der Waals surface area contributed by atoms with Crippen molar-refractivity contribution in [3.63, 3.8) is 0 Å². The van der Waals surface area contributed by atoms with E-state index in [-0.39, 0.29) is 16.4 Å². The lowest BCUT2D eigenvalue weighted by Gasteiger charge is -2.19. The van der Waals surface area contributed by atoms with E-state index in [1.54, 1.807) is 12.1 Å².